The third-order valence-corrected chi connectivity index (χ3v) is 3.63. The first-order valence-corrected chi connectivity index (χ1v) is 7.29. The van der Waals surface area contributed by atoms with Gasteiger partial charge in [-0.15, -0.1) is 5.10 Å². The van der Waals surface area contributed by atoms with E-state index in [1.54, 1.807) is 27.7 Å². The lowest BCUT2D eigenvalue weighted by atomic mass is 10.4. The number of nitro groups is 1. The minimum Gasteiger partial charge on any atom is -0.390 e. The summed E-state index contributed by atoms with van der Waals surface area (Å²) in [5.74, 6) is -0.0418. The summed E-state index contributed by atoms with van der Waals surface area (Å²) >= 11 is 0. The molecule has 0 aliphatic heterocycles. The fourth-order valence-corrected chi connectivity index (χ4v) is 2.49. The number of hydrogen-bond acceptors (Lipinski definition) is 9. The van der Waals surface area contributed by atoms with E-state index in [4.69, 9.17) is 0 Å². The second-order valence-electron chi connectivity index (χ2n) is 5.30. The Labute approximate surface area is 142 Å². The van der Waals surface area contributed by atoms with Crippen LogP contribution in [0.25, 0.3) is 28.2 Å². The Balaban J connectivity index is 1.47. The summed E-state index contributed by atoms with van der Waals surface area (Å²) in [4.78, 5) is 22.2. The molecule has 0 bridgehead atoms. The van der Waals surface area contributed by atoms with Crippen LogP contribution in [0.3, 0.4) is 0 Å². The highest BCUT2D eigenvalue weighted by Crippen LogP contribution is 2.18. The second-order valence-corrected chi connectivity index (χ2v) is 5.30. The van der Waals surface area contributed by atoms with Gasteiger partial charge in [0.1, 0.15) is 12.0 Å². The molecular formula is C12H8N12O2. The predicted molar refractivity (Wildman–Crippen MR) is 83.7 cm³/mol. The molecule has 0 spiro atoms. The van der Waals surface area contributed by atoms with Gasteiger partial charge in [-0.05, 0) is 11.0 Å². The highest BCUT2D eigenvalue weighted by molar-refractivity contribution is 5.88. The summed E-state index contributed by atoms with van der Waals surface area (Å²) in [6, 6.07) is 1.74. The van der Waals surface area contributed by atoms with Crippen molar-refractivity contribution in [2.75, 3.05) is 0 Å². The quantitative estimate of drug-likeness (QED) is 0.342. The van der Waals surface area contributed by atoms with Crippen LogP contribution in [0.1, 0.15) is 0 Å². The van der Waals surface area contributed by atoms with Gasteiger partial charge in [-0.25, -0.2) is 19.2 Å². The number of rotatable bonds is 4. The van der Waals surface area contributed by atoms with Crippen LogP contribution in [0.5, 0.6) is 0 Å². The molecule has 0 aliphatic rings. The number of nitrogens with zero attached hydrogens (tertiary/aromatic N) is 11. The van der Waals surface area contributed by atoms with E-state index in [0.29, 0.717) is 22.8 Å². The van der Waals surface area contributed by atoms with E-state index >= 15 is 0 Å². The molecule has 14 nitrogen and oxygen atoms in total. The van der Waals surface area contributed by atoms with E-state index in [9.17, 15) is 10.1 Å². The highest BCUT2D eigenvalue weighted by atomic mass is 16.6. The van der Waals surface area contributed by atoms with Crippen molar-refractivity contribution in [2.45, 2.75) is 6.67 Å². The monoisotopic (exact) mass is 352 g/mol. The number of hydrogen-bond donors (Lipinski definition) is 1. The summed E-state index contributed by atoms with van der Waals surface area (Å²) in [6.07, 6.45) is 6.13. The largest absolute Gasteiger partial charge is 0.491 e. The smallest absolute Gasteiger partial charge is 0.390 e. The zero-order valence-corrected chi connectivity index (χ0v) is 12.8. The van der Waals surface area contributed by atoms with Crippen molar-refractivity contribution in [1.82, 2.24) is 54.3 Å². The summed E-state index contributed by atoms with van der Waals surface area (Å²) in [6.45, 7) is 0.168. The fraction of sp³-hybridized carbons (Fsp3) is 0.0833. The molecule has 14 heteroatoms. The molecule has 0 saturated carbocycles. The Morgan fingerprint density at radius 2 is 2.08 bits per heavy atom. The first-order chi connectivity index (χ1) is 12.7. The van der Waals surface area contributed by atoms with Crippen molar-refractivity contribution in [3.05, 3.63) is 41.2 Å². The van der Waals surface area contributed by atoms with E-state index in [1.165, 1.54) is 17.3 Å². The first-order valence-electron chi connectivity index (χ1n) is 7.29. The molecule has 0 unspecified atom stereocenters. The van der Waals surface area contributed by atoms with Crippen LogP contribution in [-0.2, 0) is 6.67 Å². The van der Waals surface area contributed by atoms with Crippen LogP contribution in [-0.4, -0.2) is 59.2 Å². The van der Waals surface area contributed by atoms with E-state index in [-0.39, 0.29) is 6.67 Å². The normalized spacial score (nSPS) is 11.5. The summed E-state index contributed by atoms with van der Waals surface area (Å²) < 4.78 is 4.41. The van der Waals surface area contributed by atoms with Crippen molar-refractivity contribution >= 4 is 22.6 Å². The van der Waals surface area contributed by atoms with Gasteiger partial charge in [-0.3, -0.25) is 5.10 Å². The Hall–Kier alpha value is -4.23. The third kappa shape index (κ3) is 2.16. The van der Waals surface area contributed by atoms with Crippen LogP contribution >= 0.6 is 0 Å². The lowest BCUT2D eigenvalue weighted by Crippen LogP contribution is -2.09. The maximum absolute atomic E-state index is 10.6. The number of aromatic nitrogens is 11. The minimum absolute atomic E-state index is 0.168. The van der Waals surface area contributed by atoms with Crippen molar-refractivity contribution in [2.24, 2.45) is 0 Å². The van der Waals surface area contributed by atoms with E-state index in [0.717, 1.165) is 5.39 Å². The molecule has 128 valence electrons. The minimum atomic E-state index is -0.657. The molecule has 1 N–H and O–H groups in total. The van der Waals surface area contributed by atoms with E-state index in [2.05, 4.69) is 40.4 Å². The second kappa shape index (κ2) is 5.13. The Kier molecular flexibility index (Phi) is 2.79. The Morgan fingerprint density at radius 3 is 2.92 bits per heavy atom. The highest BCUT2D eigenvalue weighted by Gasteiger charge is 2.15. The molecule has 0 atom stereocenters. The number of H-pyrrole nitrogens is 1. The molecule has 0 fully saturated rings. The van der Waals surface area contributed by atoms with Gasteiger partial charge in [0.2, 0.25) is 12.2 Å². The fourth-order valence-electron chi connectivity index (χ4n) is 2.49. The van der Waals surface area contributed by atoms with Crippen molar-refractivity contribution in [3.8, 4) is 11.5 Å². The molecule has 5 rings (SSSR count). The van der Waals surface area contributed by atoms with E-state index < -0.39 is 10.9 Å². The molecule has 5 aromatic heterocycles. The van der Waals surface area contributed by atoms with Crippen LogP contribution in [0.2, 0.25) is 0 Å². The van der Waals surface area contributed by atoms with Gasteiger partial charge in [-0.1, -0.05) is 4.98 Å². The molecule has 26 heavy (non-hydrogen) atoms. The van der Waals surface area contributed by atoms with Crippen molar-refractivity contribution in [1.29, 1.82) is 0 Å². The lowest BCUT2D eigenvalue weighted by Gasteiger charge is -1.96. The molecule has 0 amide bonds. The van der Waals surface area contributed by atoms with Crippen LogP contribution in [0, 0.1) is 10.1 Å². The van der Waals surface area contributed by atoms with E-state index in [1.807, 2.05) is 0 Å². The van der Waals surface area contributed by atoms with Gasteiger partial charge in [-0.2, -0.15) is 14.9 Å². The average molecular weight is 352 g/mol. The molecule has 0 aromatic carbocycles. The third-order valence-electron chi connectivity index (χ3n) is 3.63. The number of fused-ring (bicyclic) bond motifs is 3. The Morgan fingerprint density at radius 1 is 1.15 bits per heavy atom. The summed E-state index contributed by atoms with van der Waals surface area (Å²) in [7, 11) is 0. The van der Waals surface area contributed by atoms with Crippen LogP contribution < -0.4 is 0 Å². The lowest BCUT2D eigenvalue weighted by molar-refractivity contribution is -0.394. The first kappa shape index (κ1) is 14.1. The molecule has 0 radical (unpaired) electrons. The zero-order chi connectivity index (χ0) is 17.7. The maximum Gasteiger partial charge on any atom is 0.491 e. The molecular weight excluding hydrogens is 344 g/mol. The molecule has 5 aromatic rings. The van der Waals surface area contributed by atoms with Gasteiger partial charge in [0.15, 0.2) is 18.0 Å². The van der Waals surface area contributed by atoms with Crippen LogP contribution in [0.15, 0.2) is 31.1 Å². The average Bonchev–Trinajstić information content (AvgIpc) is 3.39. The Bertz CT molecular complexity index is 1260. The van der Waals surface area contributed by atoms with Gasteiger partial charge in [0, 0.05) is 11.3 Å². The van der Waals surface area contributed by atoms with Gasteiger partial charge < -0.3 is 10.1 Å². The number of nitrogens with one attached hydrogen (secondary N) is 1. The van der Waals surface area contributed by atoms with Crippen molar-refractivity contribution in [3.63, 3.8) is 0 Å². The molecule has 0 aliphatic carbocycles. The summed E-state index contributed by atoms with van der Waals surface area (Å²) in [5.41, 5.74) is 1.77. The zero-order valence-electron chi connectivity index (χ0n) is 12.8. The van der Waals surface area contributed by atoms with Gasteiger partial charge in [0.25, 0.3) is 0 Å². The molecule has 0 saturated heterocycles. The van der Waals surface area contributed by atoms with Crippen molar-refractivity contribution < 1.29 is 4.92 Å². The number of aromatic amines is 1. The standard InChI is InChI=1S/C12H8N12O2/c25-24(26)12-14-4-22(20-12)6-21-2-1-8(18-21)10-16-11-7-3-15-17-9(7)13-5-23(11)19-10/h1-5H,6H2,(H,15,17). The molecule has 5 heterocycles. The maximum atomic E-state index is 10.6. The topological polar surface area (TPSA) is 163 Å². The summed E-state index contributed by atoms with van der Waals surface area (Å²) in [5, 5.41) is 30.6. The van der Waals surface area contributed by atoms with Crippen LogP contribution in [0.4, 0.5) is 5.95 Å². The van der Waals surface area contributed by atoms with Gasteiger partial charge >= 0.3 is 5.95 Å². The predicted octanol–water partition coefficient (Wildman–Crippen LogP) is -0.130. The SMILES string of the molecule is O=[N+]([O-])c1ncn(Cn2ccc(-c3nc4c5cn[nH]c5ncn4n3)n2)n1. The van der Waals surface area contributed by atoms with Gasteiger partial charge in [0.05, 0.1) is 11.6 Å².